The summed E-state index contributed by atoms with van der Waals surface area (Å²) in [5.74, 6) is 0.00379. The van der Waals surface area contributed by atoms with Gasteiger partial charge in [0.2, 0.25) is 11.8 Å². The van der Waals surface area contributed by atoms with Gasteiger partial charge in [0.25, 0.3) is 0 Å². The van der Waals surface area contributed by atoms with Crippen molar-refractivity contribution in [2.75, 3.05) is 26.2 Å². The molecule has 1 unspecified atom stereocenters. The number of nitrogens with zero attached hydrogens (tertiary/aromatic N) is 1. The first kappa shape index (κ1) is 17.2. The predicted molar refractivity (Wildman–Crippen MR) is 73.5 cm³/mol. The average Bonchev–Trinajstić information content (AvgIpc) is 2.20. The van der Waals surface area contributed by atoms with Crippen LogP contribution in [0.25, 0.3) is 0 Å². The Morgan fingerprint density at radius 1 is 1.44 bits per heavy atom. The topological polar surface area (TPSA) is 75.4 Å². The molecule has 1 fully saturated rings. The summed E-state index contributed by atoms with van der Waals surface area (Å²) in [5, 5.41) is 3.16. The summed E-state index contributed by atoms with van der Waals surface area (Å²) in [5.41, 5.74) is 5.18. The van der Waals surface area contributed by atoms with Crippen LogP contribution in [0.3, 0.4) is 0 Å². The van der Waals surface area contributed by atoms with Crippen LogP contribution in [0.4, 0.5) is 0 Å². The monoisotopic (exact) mass is 277 g/mol. The van der Waals surface area contributed by atoms with Crippen molar-refractivity contribution in [3.05, 3.63) is 0 Å². The summed E-state index contributed by atoms with van der Waals surface area (Å²) in [6.45, 7) is 6.46. The van der Waals surface area contributed by atoms with Crippen LogP contribution in [0.15, 0.2) is 0 Å². The largest absolute Gasteiger partial charge is 0.368 e. The average molecular weight is 278 g/mol. The van der Waals surface area contributed by atoms with E-state index in [1.807, 2.05) is 6.92 Å². The zero-order valence-electron chi connectivity index (χ0n) is 11.1. The molecule has 1 atom stereocenters. The Labute approximate surface area is 115 Å². The smallest absolute Gasteiger partial charge is 0.237 e. The molecule has 0 saturated carbocycles. The molecular formula is C12H24ClN3O2. The first-order chi connectivity index (χ1) is 8.06. The lowest BCUT2D eigenvalue weighted by atomic mass is 9.88. The molecule has 1 heterocycles. The molecule has 0 aromatic heterocycles. The van der Waals surface area contributed by atoms with Gasteiger partial charge in [-0.1, -0.05) is 20.3 Å². The van der Waals surface area contributed by atoms with Gasteiger partial charge in [0, 0.05) is 12.5 Å². The lowest BCUT2D eigenvalue weighted by Gasteiger charge is -2.34. The molecular weight excluding hydrogens is 254 g/mol. The molecule has 0 aromatic carbocycles. The second-order valence-corrected chi connectivity index (χ2v) is 4.79. The molecule has 106 valence electrons. The van der Waals surface area contributed by atoms with E-state index in [9.17, 15) is 9.59 Å². The Hall–Kier alpha value is -0.810. The number of hydrogen-bond acceptors (Lipinski definition) is 3. The summed E-state index contributed by atoms with van der Waals surface area (Å²) in [4.78, 5) is 24.8. The lowest BCUT2D eigenvalue weighted by Crippen LogP contribution is -2.51. The van der Waals surface area contributed by atoms with Gasteiger partial charge in [0.05, 0.1) is 6.54 Å². The van der Waals surface area contributed by atoms with E-state index in [2.05, 4.69) is 12.2 Å². The molecule has 1 rings (SSSR count). The van der Waals surface area contributed by atoms with E-state index >= 15 is 0 Å². The molecule has 0 spiro atoms. The molecule has 1 aliphatic rings. The summed E-state index contributed by atoms with van der Waals surface area (Å²) in [7, 11) is 0. The van der Waals surface area contributed by atoms with Crippen LogP contribution in [0.5, 0.6) is 0 Å². The second-order valence-electron chi connectivity index (χ2n) is 4.79. The molecule has 2 amide bonds. The van der Waals surface area contributed by atoms with Gasteiger partial charge in [-0.05, 0) is 25.4 Å². The zero-order chi connectivity index (χ0) is 12.8. The van der Waals surface area contributed by atoms with E-state index in [1.54, 1.807) is 4.90 Å². The molecule has 0 radical (unpaired) electrons. The van der Waals surface area contributed by atoms with Crippen LogP contribution in [-0.2, 0) is 9.59 Å². The van der Waals surface area contributed by atoms with Gasteiger partial charge in [0.15, 0.2) is 0 Å². The SMILES string of the molecule is CCCCN(CC(N)=O)C(=O)C(C)C1CNC1.Cl. The van der Waals surface area contributed by atoms with Crippen molar-refractivity contribution < 1.29 is 9.59 Å². The van der Waals surface area contributed by atoms with Crippen molar-refractivity contribution in [3.8, 4) is 0 Å². The Bertz CT molecular complexity index is 282. The first-order valence-electron chi connectivity index (χ1n) is 6.34. The van der Waals surface area contributed by atoms with E-state index in [0.717, 1.165) is 25.9 Å². The predicted octanol–water partition coefficient (Wildman–Crippen LogP) is 0.378. The second kappa shape index (κ2) is 8.32. The maximum Gasteiger partial charge on any atom is 0.237 e. The van der Waals surface area contributed by atoms with Crippen molar-refractivity contribution in [1.82, 2.24) is 10.2 Å². The number of hydrogen-bond donors (Lipinski definition) is 2. The van der Waals surface area contributed by atoms with Gasteiger partial charge in [-0.2, -0.15) is 0 Å². The normalized spacial score (nSPS) is 16.3. The number of carbonyl (C=O) groups excluding carboxylic acids is 2. The Morgan fingerprint density at radius 2 is 2.06 bits per heavy atom. The standard InChI is InChI=1S/C12H23N3O2.ClH/c1-3-4-5-15(8-11(13)16)12(17)9(2)10-6-14-7-10;/h9-10,14H,3-8H2,1-2H3,(H2,13,16);1H. The summed E-state index contributed by atoms with van der Waals surface area (Å²) in [6.07, 6.45) is 1.91. The number of unbranched alkanes of at least 4 members (excludes halogenated alkanes) is 1. The molecule has 18 heavy (non-hydrogen) atoms. The van der Waals surface area contributed by atoms with Gasteiger partial charge in [0.1, 0.15) is 0 Å². The van der Waals surface area contributed by atoms with Gasteiger partial charge in [-0.3, -0.25) is 9.59 Å². The van der Waals surface area contributed by atoms with Crippen LogP contribution >= 0.6 is 12.4 Å². The van der Waals surface area contributed by atoms with Gasteiger partial charge >= 0.3 is 0 Å². The summed E-state index contributed by atoms with van der Waals surface area (Å²) < 4.78 is 0. The number of nitrogens with one attached hydrogen (secondary N) is 1. The molecule has 6 heteroatoms. The van der Waals surface area contributed by atoms with Crippen LogP contribution in [0.1, 0.15) is 26.7 Å². The van der Waals surface area contributed by atoms with Crippen LogP contribution in [0.2, 0.25) is 0 Å². The highest BCUT2D eigenvalue weighted by atomic mass is 35.5. The molecule has 1 saturated heterocycles. The Kier molecular flexibility index (Phi) is 7.95. The number of nitrogens with two attached hydrogens (primary N) is 1. The van der Waals surface area contributed by atoms with Gasteiger partial charge in [-0.25, -0.2) is 0 Å². The minimum atomic E-state index is -0.437. The molecule has 3 N–H and O–H groups in total. The maximum absolute atomic E-state index is 12.2. The highest BCUT2D eigenvalue weighted by Gasteiger charge is 2.31. The quantitative estimate of drug-likeness (QED) is 0.706. The number of halogens is 1. The van der Waals surface area contributed by atoms with Crippen LogP contribution in [0, 0.1) is 11.8 Å². The zero-order valence-corrected chi connectivity index (χ0v) is 12.0. The van der Waals surface area contributed by atoms with Crippen LogP contribution in [-0.4, -0.2) is 42.9 Å². The summed E-state index contributed by atoms with van der Waals surface area (Å²) in [6, 6.07) is 0. The highest BCUT2D eigenvalue weighted by Crippen LogP contribution is 2.18. The van der Waals surface area contributed by atoms with Crippen molar-refractivity contribution >= 4 is 24.2 Å². The van der Waals surface area contributed by atoms with E-state index in [4.69, 9.17) is 5.73 Å². The van der Waals surface area contributed by atoms with Crippen molar-refractivity contribution in [2.45, 2.75) is 26.7 Å². The molecule has 0 bridgehead atoms. The van der Waals surface area contributed by atoms with Gasteiger partial charge < -0.3 is 16.0 Å². The minimum Gasteiger partial charge on any atom is -0.368 e. The number of rotatable bonds is 7. The molecule has 5 nitrogen and oxygen atoms in total. The van der Waals surface area contributed by atoms with Gasteiger partial charge in [-0.15, -0.1) is 12.4 Å². The fourth-order valence-corrected chi connectivity index (χ4v) is 1.96. The Morgan fingerprint density at radius 3 is 2.44 bits per heavy atom. The van der Waals surface area contributed by atoms with Crippen molar-refractivity contribution in [3.63, 3.8) is 0 Å². The fraction of sp³-hybridized carbons (Fsp3) is 0.833. The van der Waals surface area contributed by atoms with Crippen molar-refractivity contribution in [2.24, 2.45) is 17.6 Å². The third-order valence-electron chi connectivity index (χ3n) is 3.35. The maximum atomic E-state index is 12.2. The molecule has 0 aromatic rings. The van der Waals surface area contributed by atoms with E-state index < -0.39 is 5.91 Å². The number of amides is 2. The lowest BCUT2D eigenvalue weighted by molar-refractivity contribution is -0.140. The van der Waals surface area contributed by atoms with Crippen LogP contribution < -0.4 is 11.1 Å². The molecule has 1 aliphatic heterocycles. The highest BCUT2D eigenvalue weighted by molar-refractivity contribution is 5.85. The Balaban J connectivity index is 0.00000289. The third kappa shape index (κ3) is 4.82. The van der Waals surface area contributed by atoms with E-state index in [1.165, 1.54) is 0 Å². The van der Waals surface area contributed by atoms with E-state index in [0.29, 0.717) is 12.5 Å². The molecule has 0 aliphatic carbocycles. The summed E-state index contributed by atoms with van der Waals surface area (Å²) >= 11 is 0. The fourth-order valence-electron chi connectivity index (χ4n) is 1.96. The number of primary amides is 1. The third-order valence-corrected chi connectivity index (χ3v) is 3.35. The van der Waals surface area contributed by atoms with E-state index in [-0.39, 0.29) is 30.8 Å². The number of carbonyl (C=O) groups is 2. The first-order valence-corrected chi connectivity index (χ1v) is 6.34. The minimum absolute atomic E-state index is 0. The van der Waals surface area contributed by atoms with Crippen molar-refractivity contribution in [1.29, 1.82) is 0 Å².